The fourth-order valence-electron chi connectivity index (χ4n) is 3.68. The summed E-state index contributed by atoms with van der Waals surface area (Å²) in [5, 5.41) is 6.69. The van der Waals surface area contributed by atoms with E-state index in [1.807, 2.05) is 42.6 Å². The SMILES string of the molecule is CCON(C=O)[C@@H](Cc1ccccc1)C(=O)N[C@@H](Cc1ccc(S(=O)(=O)ON)cc1)c1nc(CC)cs1. The summed E-state index contributed by atoms with van der Waals surface area (Å²) in [5.41, 5.74) is 2.52. The smallest absolute Gasteiger partial charge is 0.312 e. The van der Waals surface area contributed by atoms with Crippen LogP contribution in [0.1, 0.15) is 41.7 Å². The van der Waals surface area contributed by atoms with Crippen molar-refractivity contribution in [3.63, 3.8) is 0 Å². The Balaban J connectivity index is 1.89. The van der Waals surface area contributed by atoms with Crippen LogP contribution in [0.5, 0.6) is 0 Å². The first kappa shape index (κ1) is 28.4. The van der Waals surface area contributed by atoms with Crippen LogP contribution in [0.25, 0.3) is 0 Å². The van der Waals surface area contributed by atoms with E-state index in [-0.39, 0.29) is 17.9 Å². The third kappa shape index (κ3) is 7.66. The predicted molar refractivity (Wildman–Crippen MR) is 138 cm³/mol. The summed E-state index contributed by atoms with van der Waals surface area (Å²) in [5.74, 6) is 4.46. The molecule has 198 valence electrons. The Morgan fingerprint density at radius 2 is 1.78 bits per heavy atom. The number of nitrogens with two attached hydrogens (primary N) is 1. The summed E-state index contributed by atoms with van der Waals surface area (Å²) < 4.78 is 27.8. The number of nitrogens with one attached hydrogen (secondary N) is 1. The molecule has 0 saturated carbocycles. The van der Waals surface area contributed by atoms with Gasteiger partial charge in [0.1, 0.15) is 11.0 Å². The molecule has 0 aliphatic rings. The maximum atomic E-state index is 13.6. The molecule has 1 aromatic heterocycles. The van der Waals surface area contributed by atoms with Gasteiger partial charge in [0, 0.05) is 11.8 Å². The van der Waals surface area contributed by atoms with E-state index in [0.717, 1.165) is 28.3 Å². The van der Waals surface area contributed by atoms with Crippen molar-refractivity contribution in [2.75, 3.05) is 6.61 Å². The molecule has 3 rings (SSSR count). The average molecular weight is 547 g/mol. The molecule has 2 amide bonds. The highest BCUT2D eigenvalue weighted by atomic mass is 32.2. The van der Waals surface area contributed by atoms with Crippen molar-refractivity contribution in [2.24, 2.45) is 5.90 Å². The molecule has 2 aromatic carbocycles. The molecule has 0 fully saturated rings. The standard InChI is InChI=1S/C25H30N4O6S2/c1-3-20-16-36-25(27-20)22(14-19-10-12-21(13-11-19)37(32,33)35-26)28-24(31)23(29(17-30)34-4-2)15-18-8-6-5-7-9-18/h5-13,16-17,22-23H,3-4,14-15,26H2,1-2H3,(H,28,31)/t22-,23-/m0/s1. The van der Waals surface area contributed by atoms with Crippen LogP contribution in [0, 0.1) is 0 Å². The summed E-state index contributed by atoms with van der Waals surface area (Å²) in [4.78, 5) is 35.4. The fraction of sp³-hybridized carbons (Fsp3) is 0.320. The van der Waals surface area contributed by atoms with Crippen molar-refractivity contribution in [3.05, 3.63) is 81.8 Å². The molecular weight excluding hydrogens is 516 g/mol. The number of aromatic nitrogens is 1. The molecule has 2 atom stereocenters. The number of hydrogen-bond acceptors (Lipinski definition) is 9. The molecule has 0 radical (unpaired) electrons. The lowest BCUT2D eigenvalue weighted by atomic mass is 10.0. The molecule has 3 N–H and O–H groups in total. The molecular formula is C25H30N4O6S2. The molecule has 0 spiro atoms. The number of thiazole rings is 1. The Labute approximate surface area is 220 Å². The lowest BCUT2D eigenvalue weighted by Gasteiger charge is -2.28. The number of amides is 2. The first-order chi connectivity index (χ1) is 17.8. The molecule has 0 unspecified atom stereocenters. The monoisotopic (exact) mass is 546 g/mol. The molecule has 1 heterocycles. The normalized spacial score (nSPS) is 13.1. The number of rotatable bonds is 14. The maximum absolute atomic E-state index is 13.6. The van der Waals surface area contributed by atoms with Gasteiger partial charge in [-0.3, -0.25) is 14.4 Å². The number of nitrogens with zero attached hydrogens (tertiary/aromatic N) is 2. The maximum Gasteiger partial charge on any atom is 0.312 e. The highest BCUT2D eigenvalue weighted by Crippen LogP contribution is 2.24. The highest BCUT2D eigenvalue weighted by Gasteiger charge is 2.30. The average Bonchev–Trinajstić information content (AvgIpc) is 3.40. The zero-order valence-corrected chi connectivity index (χ0v) is 22.2. The minimum Gasteiger partial charge on any atom is -0.345 e. The predicted octanol–water partition coefficient (Wildman–Crippen LogP) is 2.71. The third-order valence-corrected chi connectivity index (χ3v) is 7.70. The van der Waals surface area contributed by atoms with E-state index in [2.05, 4.69) is 14.6 Å². The lowest BCUT2D eigenvalue weighted by Crippen LogP contribution is -2.48. The van der Waals surface area contributed by atoms with Crippen molar-refractivity contribution >= 4 is 33.8 Å². The van der Waals surface area contributed by atoms with Crippen LogP contribution in [-0.4, -0.2) is 43.4 Å². The van der Waals surface area contributed by atoms with Crippen molar-refractivity contribution in [2.45, 2.75) is 50.1 Å². The van der Waals surface area contributed by atoms with E-state index >= 15 is 0 Å². The molecule has 10 nitrogen and oxygen atoms in total. The van der Waals surface area contributed by atoms with Crippen molar-refractivity contribution < 1.29 is 27.1 Å². The van der Waals surface area contributed by atoms with Crippen LogP contribution in [-0.2, 0) is 48.1 Å². The van der Waals surface area contributed by atoms with E-state index in [9.17, 15) is 18.0 Å². The number of hydroxylamine groups is 2. The van der Waals surface area contributed by atoms with Gasteiger partial charge in [0.25, 0.3) is 0 Å². The quantitative estimate of drug-likeness (QED) is 0.232. The lowest BCUT2D eigenvalue weighted by molar-refractivity contribution is -0.188. The summed E-state index contributed by atoms with van der Waals surface area (Å²) in [6, 6.07) is 13.9. The van der Waals surface area contributed by atoms with Crippen LogP contribution in [0.2, 0.25) is 0 Å². The van der Waals surface area contributed by atoms with Crippen LogP contribution in [0.15, 0.2) is 64.9 Å². The Bertz CT molecular complexity index is 1270. The number of carbonyl (C=O) groups excluding carboxylic acids is 2. The van der Waals surface area contributed by atoms with E-state index in [1.54, 1.807) is 19.1 Å². The van der Waals surface area contributed by atoms with Gasteiger partial charge < -0.3 is 5.32 Å². The third-order valence-electron chi connectivity index (χ3n) is 5.59. The van der Waals surface area contributed by atoms with Crippen LogP contribution >= 0.6 is 11.3 Å². The second-order valence-electron chi connectivity index (χ2n) is 8.08. The van der Waals surface area contributed by atoms with E-state index in [4.69, 9.17) is 10.7 Å². The minimum atomic E-state index is -4.03. The van der Waals surface area contributed by atoms with E-state index in [1.165, 1.54) is 23.5 Å². The largest absolute Gasteiger partial charge is 0.345 e. The molecule has 0 bridgehead atoms. The molecule has 37 heavy (non-hydrogen) atoms. The van der Waals surface area contributed by atoms with Gasteiger partial charge in [-0.1, -0.05) is 49.4 Å². The fourth-order valence-corrected chi connectivity index (χ4v) is 5.21. The van der Waals surface area contributed by atoms with Crippen molar-refractivity contribution in [1.29, 1.82) is 0 Å². The number of hydrogen-bond donors (Lipinski definition) is 2. The zero-order valence-electron chi connectivity index (χ0n) is 20.6. The number of benzene rings is 2. The van der Waals surface area contributed by atoms with Crippen molar-refractivity contribution in [3.8, 4) is 0 Å². The minimum absolute atomic E-state index is 0.0804. The van der Waals surface area contributed by atoms with Gasteiger partial charge in [0.15, 0.2) is 0 Å². The van der Waals surface area contributed by atoms with Gasteiger partial charge in [0.05, 0.1) is 23.2 Å². The van der Waals surface area contributed by atoms with Crippen LogP contribution in [0.4, 0.5) is 0 Å². The topological polar surface area (TPSA) is 141 Å². The molecule has 3 aromatic rings. The highest BCUT2D eigenvalue weighted by molar-refractivity contribution is 7.86. The van der Waals surface area contributed by atoms with Gasteiger partial charge in [-0.25, -0.2) is 10.0 Å². The zero-order chi connectivity index (χ0) is 26.8. The Hall–Kier alpha value is -3.16. The van der Waals surface area contributed by atoms with Gasteiger partial charge in [0.2, 0.25) is 12.3 Å². The first-order valence-corrected chi connectivity index (χ1v) is 14.0. The molecule has 0 aliphatic heterocycles. The summed E-state index contributed by atoms with van der Waals surface area (Å²) >= 11 is 1.42. The van der Waals surface area contributed by atoms with Gasteiger partial charge in [-0.15, -0.1) is 11.3 Å². The van der Waals surface area contributed by atoms with Crippen LogP contribution in [0.3, 0.4) is 0 Å². The Morgan fingerprint density at radius 3 is 2.35 bits per heavy atom. The van der Waals surface area contributed by atoms with Crippen LogP contribution < -0.4 is 11.2 Å². The summed E-state index contributed by atoms with van der Waals surface area (Å²) in [7, 11) is -4.03. The Kier molecular flexibility index (Phi) is 10.3. The first-order valence-electron chi connectivity index (χ1n) is 11.7. The number of aryl methyl sites for hydroxylation is 1. The van der Waals surface area contributed by atoms with E-state index < -0.39 is 28.1 Å². The second kappa shape index (κ2) is 13.4. The second-order valence-corrected chi connectivity index (χ2v) is 10.5. The summed E-state index contributed by atoms with van der Waals surface area (Å²) in [6.45, 7) is 3.94. The summed E-state index contributed by atoms with van der Waals surface area (Å²) in [6.07, 6.45) is 1.83. The van der Waals surface area contributed by atoms with Gasteiger partial charge in [-0.05, 0) is 43.0 Å². The molecule has 0 aliphatic carbocycles. The Morgan fingerprint density at radius 1 is 1.11 bits per heavy atom. The van der Waals surface area contributed by atoms with Gasteiger partial charge >= 0.3 is 10.1 Å². The molecule has 0 saturated heterocycles. The van der Waals surface area contributed by atoms with Gasteiger partial charge in [-0.2, -0.15) is 18.6 Å². The van der Waals surface area contributed by atoms with E-state index in [0.29, 0.717) is 17.8 Å². The number of carbonyl (C=O) groups is 2. The van der Waals surface area contributed by atoms with Crippen molar-refractivity contribution in [1.82, 2.24) is 15.4 Å². The molecule has 12 heteroatoms.